The Bertz CT molecular complexity index is 767. The summed E-state index contributed by atoms with van der Waals surface area (Å²) in [6, 6.07) is 12.8. The van der Waals surface area contributed by atoms with Crippen molar-refractivity contribution >= 4 is 5.91 Å². The average Bonchev–Trinajstić information content (AvgIpc) is 3.09. The van der Waals surface area contributed by atoms with Crippen molar-refractivity contribution in [2.75, 3.05) is 13.2 Å². The molecule has 1 aromatic heterocycles. The molecule has 1 atom stereocenters. The van der Waals surface area contributed by atoms with Gasteiger partial charge in [-0.3, -0.25) is 4.79 Å². The predicted octanol–water partition coefficient (Wildman–Crippen LogP) is 2.22. The van der Waals surface area contributed by atoms with Gasteiger partial charge in [-0.2, -0.15) is 5.26 Å². The first kappa shape index (κ1) is 15.2. The van der Waals surface area contributed by atoms with Gasteiger partial charge in [0.2, 0.25) is 0 Å². The van der Waals surface area contributed by atoms with Crippen LogP contribution in [0.1, 0.15) is 28.9 Å². The predicted molar refractivity (Wildman–Crippen MR) is 85.5 cm³/mol. The Labute approximate surface area is 134 Å². The highest BCUT2D eigenvalue weighted by atomic mass is 16.3. The minimum atomic E-state index is -0.0979. The summed E-state index contributed by atoms with van der Waals surface area (Å²) in [5.41, 5.74) is 2.41. The Morgan fingerprint density at radius 1 is 1.39 bits per heavy atom. The molecule has 0 spiro atoms. The number of nitriles is 1. The fourth-order valence-corrected chi connectivity index (χ4v) is 3.01. The maximum absolute atomic E-state index is 12.7. The summed E-state index contributed by atoms with van der Waals surface area (Å²) in [4.78, 5) is 18.5. The lowest BCUT2D eigenvalue weighted by molar-refractivity contribution is 0.0677. The van der Waals surface area contributed by atoms with Gasteiger partial charge in [-0.1, -0.05) is 12.1 Å². The number of carbonyl (C=O) groups is 1. The van der Waals surface area contributed by atoms with Crippen LogP contribution in [0.4, 0.5) is 0 Å². The first-order chi connectivity index (χ1) is 11.2. The lowest BCUT2D eigenvalue weighted by Crippen LogP contribution is -2.37. The third kappa shape index (κ3) is 2.94. The standard InChI is InChI=1S/C18H17N3O2/c19-11-17-16(7-2-8-20-17)13-4-1-5-14(10-13)18(23)21-9-3-6-15(21)12-22/h1-2,4-5,7-8,10,15,22H,3,6,9,12H2/t15-/m0/s1. The number of benzene rings is 1. The number of amides is 1. The van der Waals surface area contributed by atoms with Gasteiger partial charge in [-0.05, 0) is 42.7 Å². The number of hydrogen-bond acceptors (Lipinski definition) is 4. The van der Waals surface area contributed by atoms with Crippen molar-refractivity contribution in [2.24, 2.45) is 0 Å². The zero-order valence-electron chi connectivity index (χ0n) is 12.6. The Kier molecular flexibility index (Phi) is 4.35. The van der Waals surface area contributed by atoms with Crippen LogP contribution in [0.3, 0.4) is 0 Å². The van der Waals surface area contributed by atoms with Crippen LogP contribution < -0.4 is 0 Å². The van der Waals surface area contributed by atoms with E-state index in [-0.39, 0.29) is 18.6 Å². The zero-order valence-corrected chi connectivity index (χ0v) is 12.6. The molecule has 116 valence electrons. The van der Waals surface area contributed by atoms with Gasteiger partial charge in [-0.15, -0.1) is 0 Å². The first-order valence-corrected chi connectivity index (χ1v) is 7.62. The number of pyridine rings is 1. The third-order valence-electron chi connectivity index (χ3n) is 4.18. The number of rotatable bonds is 3. The van der Waals surface area contributed by atoms with E-state index >= 15 is 0 Å². The van der Waals surface area contributed by atoms with E-state index in [1.807, 2.05) is 12.1 Å². The lowest BCUT2D eigenvalue weighted by Gasteiger charge is -2.23. The van der Waals surface area contributed by atoms with Gasteiger partial charge < -0.3 is 10.0 Å². The molecule has 23 heavy (non-hydrogen) atoms. The van der Waals surface area contributed by atoms with Crippen LogP contribution in [-0.4, -0.2) is 40.1 Å². The lowest BCUT2D eigenvalue weighted by atomic mass is 10.0. The molecule has 0 unspecified atom stereocenters. The van der Waals surface area contributed by atoms with Crippen LogP contribution in [0.2, 0.25) is 0 Å². The van der Waals surface area contributed by atoms with E-state index in [0.29, 0.717) is 23.4 Å². The molecule has 1 aromatic carbocycles. The summed E-state index contributed by atoms with van der Waals surface area (Å²) < 4.78 is 0. The number of likely N-dealkylation sites (tertiary alicyclic amines) is 1. The van der Waals surface area contributed by atoms with Crippen LogP contribution in [0.5, 0.6) is 0 Å². The summed E-state index contributed by atoms with van der Waals surface area (Å²) >= 11 is 0. The van der Waals surface area contributed by atoms with Gasteiger partial charge in [0.25, 0.3) is 5.91 Å². The molecule has 1 saturated heterocycles. The first-order valence-electron chi connectivity index (χ1n) is 7.62. The second-order valence-electron chi connectivity index (χ2n) is 5.57. The number of aliphatic hydroxyl groups is 1. The van der Waals surface area contributed by atoms with Gasteiger partial charge in [0, 0.05) is 23.9 Å². The van der Waals surface area contributed by atoms with Crippen molar-refractivity contribution < 1.29 is 9.90 Å². The molecule has 1 amide bonds. The van der Waals surface area contributed by atoms with Crippen molar-refractivity contribution in [1.82, 2.24) is 9.88 Å². The molecule has 0 bridgehead atoms. The van der Waals surface area contributed by atoms with Crippen LogP contribution in [0, 0.1) is 11.3 Å². The van der Waals surface area contributed by atoms with E-state index in [9.17, 15) is 15.2 Å². The summed E-state index contributed by atoms with van der Waals surface area (Å²) in [5.74, 6) is -0.0780. The molecule has 1 N–H and O–H groups in total. The largest absolute Gasteiger partial charge is 0.394 e. The van der Waals surface area contributed by atoms with E-state index in [1.165, 1.54) is 0 Å². The van der Waals surface area contributed by atoms with Gasteiger partial charge in [0.1, 0.15) is 11.8 Å². The molecular formula is C18H17N3O2. The molecule has 2 aromatic rings. The molecule has 1 aliphatic heterocycles. The highest BCUT2D eigenvalue weighted by Gasteiger charge is 2.28. The van der Waals surface area contributed by atoms with Gasteiger partial charge in [0.05, 0.1) is 12.6 Å². The van der Waals surface area contributed by atoms with Gasteiger partial charge in [-0.25, -0.2) is 4.98 Å². The Morgan fingerprint density at radius 2 is 2.26 bits per heavy atom. The molecular weight excluding hydrogens is 290 g/mol. The second kappa shape index (κ2) is 6.59. The van der Waals surface area contributed by atoms with Gasteiger partial charge in [0.15, 0.2) is 0 Å². The topological polar surface area (TPSA) is 77.2 Å². The number of carbonyl (C=O) groups excluding carboxylic acids is 1. The molecule has 0 aliphatic carbocycles. The zero-order chi connectivity index (χ0) is 16.2. The molecule has 5 nitrogen and oxygen atoms in total. The smallest absolute Gasteiger partial charge is 0.254 e. The average molecular weight is 307 g/mol. The van der Waals surface area contributed by atoms with Crippen molar-refractivity contribution in [3.8, 4) is 17.2 Å². The molecule has 0 radical (unpaired) electrons. The molecule has 5 heteroatoms. The van der Waals surface area contributed by atoms with Crippen molar-refractivity contribution in [3.05, 3.63) is 53.9 Å². The Hall–Kier alpha value is -2.71. The summed E-state index contributed by atoms with van der Waals surface area (Å²) in [7, 11) is 0. The summed E-state index contributed by atoms with van der Waals surface area (Å²) in [6.07, 6.45) is 3.33. The maximum Gasteiger partial charge on any atom is 0.254 e. The summed E-state index contributed by atoms with van der Waals surface area (Å²) in [6.45, 7) is 0.664. The fourth-order valence-electron chi connectivity index (χ4n) is 3.01. The van der Waals surface area contributed by atoms with Crippen LogP contribution in [0.15, 0.2) is 42.6 Å². The minimum absolute atomic E-state index is 0.00732. The molecule has 2 heterocycles. The molecule has 3 rings (SSSR count). The van der Waals surface area contributed by atoms with Crippen molar-refractivity contribution in [1.29, 1.82) is 5.26 Å². The molecule has 1 aliphatic rings. The Morgan fingerprint density at radius 3 is 3.04 bits per heavy atom. The number of nitrogens with zero attached hydrogens (tertiary/aromatic N) is 3. The van der Waals surface area contributed by atoms with Crippen LogP contribution >= 0.6 is 0 Å². The molecule has 0 saturated carbocycles. The van der Waals surface area contributed by atoms with E-state index in [2.05, 4.69) is 11.1 Å². The van der Waals surface area contributed by atoms with E-state index in [4.69, 9.17) is 0 Å². The highest BCUT2D eigenvalue weighted by Crippen LogP contribution is 2.25. The highest BCUT2D eigenvalue weighted by molar-refractivity contribution is 5.96. The maximum atomic E-state index is 12.7. The Balaban J connectivity index is 1.94. The number of hydrogen-bond donors (Lipinski definition) is 1. The minimum Gasteiger partial charge on any atom is -0.394 e. The molecule has 1 fully saturated rings. The van der Waals surface area contributed by atoms with Gasteiger partial charge >= 0.3 is 0 Å². The summed E-state index contributed by atoms with van der Waals surface area (Å²) in [5, 5.41) is 18.6. The monoisotopic (exact) mass is 307 g/mol. The van der Waals surface area contributed by atoms with E-state index < -0.39 is 0 Å². The van der Waals surface area contributed by atoms with E-state index in [0.717, 1.165) is 18.4 Å². The number of aliphatic hydroxyl groups excluding tert-OH is 1. The fraction of sp³-hybridized carbons (Fsp3) is 0.278. The normalized spacial score (nSPS) is 17.0. The third-order valence-corrected chi connectivity index (χ3v) is 4.18. The number of aromatic nitrogens is 1. The van der Waals surface area contributed by atoms with Crippen LogP contribution in [0.25, 0.3) is 11.1 Å². The van der Waals surface area contributed by atoms with E-state index in [1.54, 1.807) is 35.4 Å². The SMILES string of the molecule is N#Cc1ncccc1-c1cccc(C(=O)N2CCC[C@H]2CO)c1. The van der Waals surface area contributed by atoms with Crippen molar-refractivity contribution in [3.63, 3.8) is 0 Å². The van der Waals surface area contributed by atoms with Crippen molar-refractivity contribution in [2.45, 2.75) is 18.9 Å². The van der Waals surface area contributed by atoms with Crippen LogP contribution in [-0.2, 0) is 0 Å². The quantitative estimate of drug-likeness (QED) is 0.943. The second-order valence-corrected chi connectivity index (χ2v) is 5.57.